The minimum atomic E-state index is -1.26. The number of carboxylic acids is 1. The number of hydrogen-bond acceptors (Lipinski definition) is 8. The summed E-state index contributed by atoms with van der Waals surface area (Å²) in [7, 11) is 0. The highest BCUT2D eigenvalue weighted by molar-refractivity contribution is 7.80. The van der Waals surface area contributed by atoms with E-state index < -0.39 is 47.9 Å². The number of nitrogens with two attached hydrogens (primary N) is 2. The van der Waals surface area contributed by atoms with Gasteiger partial charge >= 0.3 is 5.97 Å². The van der Waals surface area contributed by atoms with Crippen LogP contribution in [0.25, 0.3) is 0 Å². The van der Waals surface area contributed by atoms with Crippen molar-refractivity contribution in [3.63, 3.8) is 0 Å². The SMILES string of the molecule is NCCCCC(N)C(=O)NC(Cc1ccccc1)C(=O)NC(Cc1cnc[nH]1)C(=O)NC(CS)C(=O)O. The number of thiol groups is 1. The average Bonchev–Trinajstić information content (AvgIpc) is 3.39. The summed E-state index contributed by atoms with van der Waals surface area (Å²) >= 11 is 3.97. The second kappa shape index (κ2) is 15.6. The van der Waals surface area contributed by atoms with Gasteiger partial charge in [0.05, 0.1) is 12.4 Å². The topological polar surface area (TPSA) is 205 Å². The smallest absolute Gasteiger partial charge is 0.327 e. The predicted octanol–water partition coefficient (Wildman–Crippen LogP) is -0.880. The summed E-state index contributed by atoms with van der Waals surface area (Å²) in [5, 5.41) is 17.0. The Bertz CT molecular complexity index is 1010. The van der Waals surface area contributed by atoms with Gasteiger partial charge in [-0.15, -0.1) is 0 Å². The second-order valence-corrected chi connectivity index (χ2v) is 8.93. The van der Waals surface area contributed by atoms with Crippen LogP contribution in [-0.2, 0) is 32.0 Å². The molecule has 0 saturated heterocycles. The number of H-pyrrole nitrogens is 1. The number of hydrogen-bond donors (Lipinski definition) is 8. The fourth-order valence-electron chi connectivity index (χ4n) is 3.53. The van der Waals surface area contributed by atoms with Crippen molar-refractivity contribution in [3.8, 4) is 0 Å². The molecular weight excluding hydrogens is 498 g/mol. The zero-order chi connectivity index (χ0) is 27.2. The van der Waals surface area contributed by atoms with Gasteiger partial charge in [-0.25, -0.2) is 9.78 Å². The number of nitrogens with one attached hydrogen (secondary N) is 4. The van der Waals surface area contributed by atoms with Crippen LogP contribution < -0.4 is 27.4 Å². The largest absolute Gasteiger partial charge is 0.480 e. The number of aliphatic carboxylic acids is 1. The Morgan fingerprint density at radius 2 is 1.57 bits per heavy atom. The summed E-state index contributed by atoms with van der Waals surface area (Å²) in [5.74, 6) is -3.23. The first-order valence-corrected chi connectivity index (χ1v) is 12.6. The minimum Gasteiger partial charge on any atom is -0.480 e. The van der Waals surface area contributed by atoms with Crippen molar-refractivity contribution < 1.29 is 24.3 Å². The molecule has 4 unspecified atom stereocenters. The van der Waals surface area contributed by atoms with E-state index in [4.69, 9.17) is 11.5 Å². The van der Waals surface area contributed by atoms with Crippen molar-refractivity contribution in [2.75, 3.05) is 12.3 Å². The molecule has 0 aliphatic heterocycles. The Balaban J connectivity index is 2.21. The van der Waals surface area contributed by atoms with Gasteiger partial charge in [-0.2, -0.15) is 12.6 Å². The lowest BCUT2D eigenvalue weighted by Crippen LogP contribution is -2.58. The predicted molar refractivity (Wildman–Crippen MR) is 141 cm³/mol. The zero-order valence-electron chi connectivity index (χ0n) is 20.4. The number of benzene rings is 1. The van der Waals surface area contributed by atoms with Crippen LogP contribution in [-0.4, -0.2) is 75.2 Å². The number of aromatic nitrogens is 2. The lowest BCUT2D eigenvalue weighted by atomic mass is 10.0. The van der Waals surface area contributed by atoms with Crippen molar-refractivity contribution in [2.45, 2.75) is 56.3 Å². The lowest BCUT2D eigenvalue weighted by Gasteiger charge is -2.25. The molecule has 13 heteroatoms. The zero-order valence-corrected chi connectivity index (χ0v) is 21.3. The number of imidazole rings is 1. The van der Waals surface area contributed by atoms with Crippen LogP contribution in [0.15, 0.2) is 42.9 Å². The van der Waals surface area contributed by atoms with Crippen molar-refractivity contribution in [3.05, 3.63) is 54.1 Å². The molecule has 4 atom stereocenters. The molecule has 0 bridgehead atoms. The molecule has 0 aliphatic carbocycles. The number of amides is 3. The number of aromatic amines is 1. The fourth-order valence-corrected chi connectivity index (χ4v) is 3.78. The molecule has 0 spiro atoms. The molecule has 0 radical (unpaired) electrons. The van der Waals surface area contributed by atoms with Gasteiger partial charge in [0.1, 0.15) is 18.1 Å². The van der Waals surface area contributed by atoms with Crippen molar-refractivity contribution in [1.29, 1.82) is 0 Å². The maximum absolute atomic E-state index is 13.4. The maximum atomic E-state index is 13.4. The number of carbonyl (C=O) groups is 4. The van der Waals surface area contributed by atoms with Gasteiger partial charge in [0, 0.05) is 30.5 Å². The Hall–Kier alpha value is -3.42. The van der Waals surface area contributed by atoms with Crippen LogP contribution in [0.4, 0.5) is 0 Å². The van der Waals surface area contributed by atoms with Crippen LogP contribution >= 0.6 is 12.6 Å². The number of unbranched alkanes of at least 4 members (excludes halogenated alkanes) is 1. The fraction of sp³-hybridized carbons (Fsp3) is 0.458. The Morgan fingerprint density at radius 1 is 0.946 bits per heavy atom. The van der Waals surface area contributed by atoms with Gasteiger partial charge < -0.3 is 37.5 Å². The highest BCUT2D eigenvalue weighted by Crippen LogP contribution is 2.07. The first kappa shape index (κ1) is 29.8. The van der Waals surface area contributed by atoms with Gasteiger partial charge in [-0.1, -0.05) is 36.8 Å². The van der Waals surface area contributed by atoms with E-state index in [1.807, 2.05) is 30.3 Å². The molecule has 9 N–H and O–H groups in total. The first-order valence-electron chi connectivity index (χ1n) is 12.0. The van der Waals surface area contributed by atoms with E-state index in [1.54, 1.807) is 0 Å². The molecule has 202 valence electrons. The molecule has 1 heterocycles. The minimum absolute atomic E-state index is 0.0150. The van der Waals surface area contributed by atoms with E-state index in [0.717, 1.165) is 12.0 Å². The van der Waals surface area contributed by atoms with E-state index in [2.05, 4.69) is 38.5 Å². The molecule has 12 nitrogen and oxygen atoms in total. The first-order chi connectivity index (χ1) is 17.7. The van der Waals surface area contributed by atoms with E-state index in [9.17, 15) is 24.3 Å². The Kier molecular flexibility index (Phi) is 12.6. The van der Waals surface area contributed by atoms with Crippen LogP contribution in [0.2, 0.25) is 0 Å². The molecule has 1 aromatic carbocycles. The molecule has 0 aliphatic rings. The normalized spacial score (nSPS) is 14.1. The molecular formula is C24H35N7O5S. The molecule has 2 aromatic rings. The summed E-state index contributed by atoms with van der Waals surface area (Å²) in [4.78, 5) is 57.3. The second-order valence-electron chi connectivity index (χ2n) is 8.57. The summed E-state index contributed by atoms with van der Waals surface area (Å²) in [6.07, 6.45) is 4.88. The number of nitrogens with zero attached hydrogens (tertiary/aromatic N) is 1. The third-order valence-corrected chi connectivity index (χ3v) is 6.00. The highest BCUT2D eigenvalue weighted by Gasteiger charge is 2.30. The van der Waals surface area contributed by atoms with Gasteiger partial charge in [-0.05, 0) is 24.9 Å². The summed E-state index contributed by atoms with van der Waals surface area (Å²) in [6.45, 7) is 0.489. The molecule has 3 amide bonds. The molecule has 0 fully saturated rings. The third kappa shape index (κ3) is 10.2. The van der Waals surface area contributed by atoms with Crippen molar-refractivity contribution >= 4 is 36.3 Å². The molecule has 2 rings (SSSR count). The van der Waals surface area contributed by atoms with E-state index in [0.29, 0.717) is 25.1 Å². The van der Waals surface area contributed by atoms with Crippen LogP contribution in [0, 0.1) is 0 Å². The van der Waals surface area contributed by atoms with Crippen LogP contribution in [0.5, 0.6) is 0 Å². The number of rotatable bonds is 16. The van der Waals surface area contributed by atoms with Gasteiger partial charge in [0.15, 0.2) is 0 Å². The monoisotopic (exact) mass is 533 g/mol. The van der Waals surface area contributed by atoms with Gasteiger partial charge in [0.2, 0.25) is 17.7 Å². The van der Waals surface area contributed by atoms with Crippen molar-refractivity contribution in [2.24, 2.45) is 11.5 Å². The number of carbonyl (C=O) groups excluding carboxylic acids is 3. The Morgan fingerprint density at radius 3 is 2.14 bits per heavy atom. The number of carboxylic acid groups (broad SMARTS) is 1. The van der Waals surface area contributed by atoms with Gasteiger partial charge in [0.25, 0.3) is 0 Å². The lowest BCUT2D eigenvalue weighted by molar-refractivity contribution is -0.141. The van der Waals surface area contributed by atoms with Crippen LogP contribution in [0.3, 0.4) is 0 Å². The van der Waals surface area contributed by atoms with Crippen molar-refractivity contribution in [1.82, 2.24) is 25.9 Å². The highest BCUT2D eigenvalue weighted by atomic mass is 32.1. The average molecular weight is 534 g/mol. The van der Waals surface area contributed by atoms with E-state index in [1.165, 1.54) is 12.5 Å². The Labute approximate surface area is 220 Å². The summed E-state index contributed by atoms with van der Waals surface area (Å²) in [6, 6.07) is 4.81. The molecule has 0 saturated carbocycles. The van der Waals surface area contributed by atoms with Gasteiger partial charge in [-0.3, -0.25) is 14.4 Å². The summed E-state index contributed by atoms with van der Waals surface area (Å²) in [5.41, 5.74) is 12.8. The van der Waals surface area contributed by atoms with Crippen LogP contribution in [0.1, 0.15) is 30.5 Å². The van der Waals surface area contributed by atoms with E-state index in [-0.39, 0.29) is 18.6 Å². The maximum Gasteiger partial charge on any atom is 0.327 e. The summed E-state index contributed by atoms with van der Waals surface area (Å²) < 4.78 is 0. The standard InChI is InChI=1S/C24H35N7O5S/c25-9-5-4-8-17(26)21(32)29-18(10-15-6-2-1-3-7-15)22(33)30-19(11-16-12-27-14-28-16)23(34)31-20(13-37)24(35)36/h1-3,6-7,12,14,17-20,37H,4-5,8-11,13,25-26H2,(H,27,28)(H,29,32)(H,30,33)(H,31,34)(H,35,36). The molecule has 1 aromatic heterocycles. The quantitative estimate of drug-likeness (QED) is 0.100. The molecule has 37 heavy (non-hydrogen) atoms. The third-order valence-electron chi connectivity index (χ3n) is 5.63. The van der Waals surface area contributed by atoms with E-state index >= 15 is 0 Å².